The molecule has 1 nitrogen and oxygen atoms in total. The monoisotopic (exact) mass is 277 g/mol. The molecular formula is C14H19F4N. The summed E-state index contributed by atoms with van der Waals surface area (Å²) >= 11 is 0. The minimum absolute atomic E-state index is 0.0850. The molecule has 0 spiro atoms. The first-order valence-corrected chi connectivity index (χ1v) is 6.37. The van der Waals surface area contributed by atoms with Gasteiger partial charge in [0, 0.05) is 24.1 Å². The summed E-state index contributed by atoms with van der Waals surface area (Å²) < 4.78 is 49.6. The second-order valence-electron chi connectivity index (χ2n) is 4.82. The topological polar surface area (TPSA) is 12.0 Å². The Bertz CT molecular complexity index is 389. The van der Waals surface area contributed by atoms with Crippen molar-refractivity contribution < 1.29 is 17.6 Å². The molecule has 0 bridgehead atoms. The highest BCUT2D eigenvalue weighted by Crippen LogP contribution is 2.23. The van der Waals surface area contributed by atoms with Crippen LogP contribution in [0, 0.1) is 5.82 Å². The zero-order chi connectivity index (χ0) is 14.5. The molecule has 1 N–H and O–H groups in total. The fourth-order valence-corrected chi connectivity index (χ4v) is 2.03. The average Bonchev–Trinajstić information content (AvgIpc) is 2.27. The van der Waals surface area contributed by atoms with Crippen LogP contribution in [0.15, 0.2) is 24.3 Å². The van der Waals surface area contributed by atoms with Crippen molar-refractivity contribution in [2.24, 2.45) is 0 Å². The van der Waals surface area contributed by atoms with Gasteiger partial charge in [0.2, 0.25) is 0 Å². The van der Waals surface area contributed by atoms with E-state index in [4.69, 9.17) is 0 Å². The molecule has 2 unspecified atom stereocenters. The third kappa shape index (κ3) is 6.05. The van der Waals surface area contributed by atoms with Gasteiger partial charge in [0.1, 0.15) is 5.82 Å². The number of rotatable bonds is 6. The van der Waals surface area contributed by atoms with Crippen LogP contribution in [0.3, 0.4) is 0 Å². The van der Waals surface area contributed by atoms with Crippen molar-refractivity contribution in [1.29, 1.82) is 0 Å². The van der Waals surface area contributed by atoms with E-state index in [0.29, 0.717) is 12.0 Å². The smallest absolute Gasteiger partial charge is 0.308 e. The molecule has 1 aromatic rings. The molecule has 0 aromatic heterocycles. The number of hydrogen-bond donors (Lipinski definition) is 1. The first kappa shape index (κ1) is 16.0. The molecule has 2 atom stereocenters. The predicted molar refractivity (Wildman–Crippen MR) is 67.3 cm³/mol. The summed E-state index contributed by atoms with van der Waals surface area (Å²) in [7, 11) is 0. The molecule has 1 rings (SSSR count). The zero-order valence-electron chi connectivity index (χ0n) is 11.1. The van der Waals surface area contributed by atoms with Gasteiger partial charge >= 0.3 is 6.18 Å². The average molecular weight is 277 g/mol. The summed E-state index contributed by atoms with van der Waals surface area (Å²) in [5.41, 5.74) is 0.533. The summed E-state index contributed by atoms with van der Waals surface area (Å²) in [4.78, 5) is 0. The molecule has 1 aromatic carbocycles. The van der Waals surface area contributed by atoms with Gasteiger partial charge in [0.05, 0.1) is 0 Å². The van der Waals surface area contributed by atoms with Gasteiger partial charge < -0.3 is 5.32 Å². The first-order valence-electron chi connectivity index (χ1n) is 6.37. The standard InChI is InChI=1S/C14H19F4N/c1-10(6-5-9-14(16,17)18)19-11(2)12-7-3-4-8-13(12)15/h3-4,7-8,10-11,19H,5-6,9H2,1-2H3. The first-order chi connectivity index (χ1) is 8.79. The van der Waals surface area contributed by atoms with E-state index in [0.717, 1.165) is 0 Å². The summed E-state index contributed by atoms with van der Waals surface area (Å²) in [5.74, 6) is -0.301. The van der Waals surface area contributed by atoms with E-state index < -0.39 is 12.6 Å². The van der Waals surface area contributed by atoms with Gasteiger partial charge in [-0.25, -0.2) is 4.39 Å². The normalized spacial score (nSPS) is 15.3. The summed E-state index contributed by atoms with van der Waals surface area (Å²) in [6, 6.07) is 6.10. The molecule has 108 valence electrons. The predicted octanol–water partition coefficient (Wildman–Crippen LogP) is 4.60. The van der Waals surface area contributed by atoms with Gasteiger partial charge in [0.25, 0.3) is 0 Å². The Kier molecular flexibility index (Phi) is 5.79. The molecule has 0 radical (unpaired) electrons. The summed E-state index contributed by atoms with van der Waals surface area (Å²) in [5, 5.41) is 3.12. The fraction of sp³-hybridized carbons (Fsp3) is 0.571. The highest BCUT2D eigenvalue weighted by molar-refractivity contribution is 5.20. The fourth-order valence-electron chi connectivity index (χ4n) is 2.03. The van der Waals surface area contributed by atoms with E-state index in [-0.39, 0.29) is 24.3 Å². The Morgan fingerprint density at radius 3 is 2.37 bits per heavy atom. The van der Waals surface area contributed by atoms with Gasteiger partial charge in [-0.3, -0.25) is 0 Å². The zero-order valence-corrected chi connectivity index (χ0v) is 11.1. The Morgan fingerprint density at radius 2 is 1.79 bits per heavy atom. The summed E-state index contributed by atoms with van der Waals surface area (Å²) in [6.07, 6.45) is -4.37. The number of halogens is 4. The number of benzene rings is 1. The molecule has 0 heterocycles. The maximum Gasteiger partial charge on any atom is 0.389 e. The lowest BCUT2D eigenvalue weighted by Gasteiger charge is -2.21. The Labute approximate surface area is 111 Å². The number of hydrogen-bond acceptors (Lipinski definition) is 1. The van der Waals surface area contributed by atoms with E-state index in [1.165, 1.54) is 6.07 Å². The lowest BCUT2D eigenvalue weighted by Crippen LogP contribution is -2.29. The van der Waals surface area contributed by atoms with E-state index in [1.807, 2.05) is 6.92 Å². The van der Waals surface area contributed by atoms with Crippen LogP contribution in [0.1, 0.15) is 44.7 Å². The van der Waals surface area contributed by atoms with E-state index in [1.54, 1.807) is 25.1 Å². The van der Waals surface area contributed by atoms with E-state index in [9.17, 15) is 17.6 Å². The highest BCUT2D eigenvalue weighted by atomic mass is 19.4. The van der Waals surface area contributed by atoms with Crippen molar-refractivity contribution in [3.05, 3.63) is 35.6 Å². The lowest BCUT2D eigenvalue weighted by atomic mass is 10.1. The lowest BCUT2D eigenvalue weighted by molar-refractivity contribution is -0.135. The second-order valence-corrected chi connectivity index (χ2v) is 4.82. The maximum atomic E-state index is 13.5. The third-order valence-electron chi connectivity index (χ3n) is 3.00. The van der Waals surface area contributed by atoms with Gasteiger partial charge in [-0.15, -0.1) is 0 Å². The molecule has 0 aliphatic rings. The minimum atomic E-state index is -4.10. The molecule has 0 saturated heterocycles. The maximum absolute atomic E-state index is 13.5. The van der Waals surface area contributed by atoms with Crippen LogP contribution in [0.25, 0.3) is 0 Å². The Hall–Kier alpha value is -1.10. The van der Waals surface area contributed by atoms with Crippen molar-refractivity contribution >= 4 is 0 Å². The van der Waals surface area contributed by atoms with E-state index in [2.05, 4.69) is 5.32 Å². The van der Waals surface area contributed by atoms with Crippen molar-refractivity contribution in [2.75, 3.05) is 0 Å². The highest BCUT2D eigenvalue weighted by Gasteiger charge is 2.26. The molecule has 19 heavy (non-hydrogen) atoms. The summed E-state index contributed by atoms with van der Waals surface area (Å²) in [6.45, 7) is 3.62. The van der Waals surface area contributed by atoms with Crippen molar-refractivity contribution in [3.8, 4) is 0 Å². The molecule has 0 aliphatic carbocycles. The van der Waals surface area contributed by atoms with Crippen LogP contribution in [0.5, 0.6) is 0 Å². The van der Waals surface area contributed by atoms with Gasteiger partial charge in [-0.1, -0.05) is 18.2 Å². The van der Waals surface area contributed by atoms with Gasteiger partial charge in [-0.2, -0.15) is 13.2 Å². The quantitative estimate of drug-likeness (QED) is 0.749. The van der Waals surface area contributed by atoms with Crippen molar-refractivity contribution in [1.82, 2.24) is 5.32 Å². The number of nitrogens with one attached hydrogen (secondary N) is 1. The molecule has 0 amide bonds. The molecule has 5 heteroatoms. The molecule has 0 fully saturated rings. The van der Waals surface area contributed by atoms with Crippen LogP contribution < -0.4 is 5.32 Å². The largest absolute Gasteiger partial charge is 0.389 e. The van der Waals surface area contributed by atoms with Crippen LogP contribution in [0.4, 0.5) is 17.6 Å². The van der Waals surface area contributed by atoms with Crippen molar-refractivity contribution in [3.63, 3.8) is 0 Å². The molecule has 0 saturated carbocycles. The van der Waals surface area contributed by atoms with E-state index >= 15 is 0 Å². The van der Waals surface area contributed by atoms with Crippen LogP contribution >= 0.6 is 0 Å². The van der Waals surface area contributed by atoms with Crippen LogP contribution in [-0.4, -0.2) is 12.2 Å². The third-order valence-corrected chi connectivity index (χ3v) is 3.00. The Balaban J connectivity index is 2.40. The molecular weight excluding hydrogens is 258 g/mol. The molecule has 0 aliphatic heterocycles. The second kappa shape index (κ2) is 6.89. The minimum Gasteiger partial charge on any atom is -0.308 e. The van der Waals surface area contributed by atoms with Gasteiger partial charge in [0.15, 0.2) is 0 Å². The number of alkyl halides is 3. The SMILES string of the molecule is CC(CCCC(F)(F)F)NC(C)c1ccccc1F. The van der Waals surface area contributed by atoms with Gasteiger partial charge in [-0.05, 0) is 32.8 Å². The van der Waals surface area contributed by atoms with Crippen LogP contribution in [-0.2, 0) is 0 Å². The van der Waals surface area contributed by atoms with Crippen LogP contribution in [0.2, 0.25) is 0 Å². The Morgan fingerprint density at radius 1 is 1.16 bits per heavy atom. The van der Waals surface area contributed by atoms with Crippen molar-refractivity contribution in [2.45, 2.75) is 51.4 Å².